The molecule has 7 nitrogen and oxygen atoms in total. The highest BCUT2D eigenvalue weighted by Gasteiger charge is 2.31. The zero-order chi connectivity index (χ0) is 19.4. The highest BCUT2D eigenvalue weighted by atomic mass is 32.2. The van der Waals surface area contributed by atoms with Crippen molar-refractivity contribution in [2.24, 2.45) is 11.0 Å². The van der Waals surface area contributed by atoms with E-state index < -0.39 is 10.0 Å². The van der Waals surface area contributed by atoms with E-state index in [9.17, 15) is 13.2 Å². The number of hydrogen-bond donors (Lipinski definition) is 1. The highest BCUT2D eigenvalue weighted by Crippen LogP contribution is 2.21. The van der Waals surface area contributed by atoms with Crippen LogP contribution in [0.15, 0.2) is 35.6 Å². The molecule has 0 saturated carbocycles. The maximum Gasteiger partial charge on any atom is 0.244 e. The topological polar surface area (TPSA) is 83.8 Å². The van der Waals surface area contributed by atoms with Gasteiger partial charge in [0.05, 0.1) is 17.9 Å². The predicted molar refractivity (Wildman–Crippen MR) is 107 cm³/mol. The van der Waals surface area contributed by atoms with Gasteiger partial charge >= 0.3 is 0 Å². The summed E-state index contributed by atoms with van der Waals surface area (Å²) in [5.41, 5.74) is 4.64. The number of piperidine rings is 1. The average molecular weight is 391 g/mol. The van der Waals surface area contributed by atoms with E-state index in [1.807, 2.05) is 24.4 Å². The fourth-order valence-electron chi connectivity index (χ4n) is 3.49. The van der Waals surface area contributed by atoms with Gasteiger partial charge in [-0.1, -0.05) is 18.2 Å². The SMILES string of the molecule is CCn1cc(/C=N/NC(=O)C2CCCN(S(=O)(=O)CC)C2)c2ccccc21. The van der Waals surface area contributed by atoms with Gasteiger partial charge in [0.1, 0.15) is 0 Å². The number of fused-ring (bicyclic) bond motifs is 1. The third-order valence-corrected chi connectivity index (χ3v) is 6.90. The normalized spacial score (nSPS) is 19.0. The van der Waals surface area contributed by atoms with Gasteiger partial charge in [-0.3, -0.25) is 4.79 Å². The fourth-order valence-corrected chi connectivity index (χ4v) is 4.67. The van der Waals surface area contributed by atoms with Crippen LogP contribution in [0.1, 0.15) is 32.3 Å². The minimum Gasteiger partial charge on any atom is -0.347 e. The van der Waals surface area contributed by atoms with Crippen molar-refractivity contribution in [1.29, 1.82) is 0 Å². The molecular weight excluding hydrogens is 364 g/mol. The lowest BCUT2D eigenvalue weighted by molar-refractivity contribution is -0.126. The first-order valence-electron chi connectivity index (χ1n) is 9.35. The fraction of sp³-hybridized carbons (Fsp3) is 0.474. The molecule has 1 aliphatic heterocycles. The number of rotatable bonds is 6. The van der Waals surface area contributed by atoms with E-state index in [0.717, 1.165) is 23.0 Å². The first kappa shape index (κ1) is 19.6. The van der Waals surface area contributed by atoms with Crippen molar-refractivity contribution in [1.82, 2.24) is 14.3 Å². The van der Waals surface area contributed by atoms with Gasteiger partial charge in [0.25, 0.3) is 0 Å². The Morgan fingerprint density at radius 1 is 1.33 bits per heavy atom. The van der Waals surface area contributed by atoms with Crippen LogP contribution in [0.5, 0.6) is 0 Å². The summed E-state index contributed by atoms with van der Waals surface area (Å²) in [6, 6.07) is 8.05. The molecule has 3 rings (SSSR count). The minimum atomic E-state index is -3.26. The van der Waals surface area contributed by atoms with E-state index >= 15 is 0 Å². The molecule has 1 amide bonds. The number of hydrogen-bond acceptors (Lipinski definition) is 4. The number of aromatic nitrogens is 1. The molecule has 0 bridgehead atoms. The molecule has 1 aromatic carbocycles. The molecule has 1 N–H and O–H groups in total. The molecule has 1 atom stereocenters. The minimum absolute atomic E-state index is 0.0565. The molecule has 1 fully saturated rings. The second-order valence-electron chi connectivity index (χ2n) is 6.72. The van der Waals surface area contributed by atoms with Gasteiger partial charge in [-0.25, -0.2) is 18.1 Å². The largest absolute Gasteiger partial charge is 0.347 e. The van der Waals surface area contributed by atoms with Gasteiger partial charge in [-0.15, -0.1) is 0 Å². The molecule has 0 spiro atoms. The van der Waals surface area contributed by atoms with E-state index in [1.54, 1.807) is 13.1 Å². The Labute approximate surface area is 160 Å². The zero-order valence-electron chi connectivity index (χ0n) is 15.8. The molecular formula is C19H26N4O3S. The molecule has 1 aliphatic rings. The molecule has 1 aromatic heterocycles. The molecule has 1 unspecified atom stereocenters. The molecule has 2 heterocycles. The Morgan fingerprint density at radius 3 is 2.85 bits per heavy atom. The number of amides is 1. The van der Waals surface area contributed by atoms with Crippen LogP contribution in [0, 0.1) is 5.92 Å². The van der Waals surface area contributed by atoms with Crippen LogP contribution < -0.4 is 5.43 Å². The van der Waals surface area contributed by atoms with Crippen molar-refractivity contribution in [3.63, 3.8) is 0 Å². The lowest BCUT2D eigenvalue weighted by atomic mass is 9.99. The quantitative estimate of drug-likeness (QED) is 0.606. The summed E-state index contributed by atoms with van der Waals surface area (Å²) in [5.74, 6) is -0.545. The van der Waals surface area contributed by atoms with Gasteiger partial charge in [-0.05, 0) is 32.8 Å². The highest BCUT2D eigenvalue weighted by molar-refractivity contribution is 7.89. The molecule has 0 radical (unpaired) electrons. The zero-order valence-corrected chi connectivity index (χ0v) is 16.6. The maximum atomic E-state index is 12.4. The number of sulfonamides is 1. The molecule has 8 heteroatoms. The van der Waals surface area contributed by atoms with E-state index in [1.165, 1.54) is 4.31 Å². The van der Waals surface area contributed by atoms with E-state index in [0.29, 0.717) is 19.4 Å². The molecule has 27 heavy (non-hydrogen) atoms. The van der Waals surface area contributed by atoms with Crippen molar-refractivity contribution in [3.05, 3.63) is 36.0 Å². The first-order chi connectivity index (χ1) is 13.0. The Kier molecular flexibility index (Phi) is 5.96. The van der Waals surface area contributed by atoms with Crippen LogP contribution in [0.4, 0.5) is 0 Å². The third-order valence-electron chi connectivity index (χ3n) is 5.05. The summed E-state index contributed by atoms with van der Waals surface area (Å²) in [7, 11) is -3.26. The summed E-state index contributed by atoms with van der Waals surface area (Å²) in [6.45, 7) is 5.27. The van der Waals surface area contributed by atoms with Crippen LogP contribution >= 0.6 is 0 Å². The number of carbonyl (C=O) groups is 1. The van der Waals surface area contributed by atoms with Crippen molar-refractivity contribution in [2.45, 2.75) is 33.2 Å². The molecule has 2 aromatic rings. The second kappa shape index (κ2) is 8.22. The van der Waals surface area contributed by atoms with E-state index in [-0.39, 0.29) is 24.1 Å². The Bertz CT molecular complexity index is 949. The summed E-state index contributed by atoms with van der Waals surface area (Å²) >= 11 is 0. The van der Waals surface area contributed by atoms with Gasteiger partial charge in [0.2, 0.25) is 15.9 Å². The van der Waals surface area contributed by atoms with Crippen molar-refractivity contribution < 1.29 is 13.2 Å². The van der Waals surface area contributed by atoms with Gasteiger partial charge in [0, 0.05) is 42.3 Å². The van der Waals surface area contributed by atoms with Crippen LogP contribution in [-0.2, 0) is 21.4 Å². The van der Waals surface area contributed by atoms with Gasteiger partial charge < -0.3 is 4.57 Å². The van der Waals surface area contributed by atoms with Crippen LogP contribution in [-0.4, -0.2) is 48.3 Å². The van der Waals surface area contributed by atoms with E-state index in [2.05, 4.69) is 28.1 Å². The smallest absolute Gasteiger partial charge is 0.244 e. The second-order valence-corrected chi connectivity index (χ2v) is 8.98. The summed E-state index contributed by atoms with van der Waals surface area (Å²) in [6.07, 6.45) is 5.02. The summed E-state index contributed by atoms with van der Waals surface area (Å²) < 4.78 is 27.6. The standard InChI is InChI=1S/C19H26N4O3S/c1-3-22-13-16(17-9-5-6-10-18(17)22)12-20-21-19(24)15-8-7-11-23(14-15)27(25,26)4-2/h5-6,9-10,12-13,15H,3-4,7-8,11,14H2,1-2H3,(H,21,24)/b20-12+. The number of para-hydroxylation sites is 1. The Morgan fingerprint density at radius 2 is 2.11 bits per heavy atom. The maximum absolute atomic E-state index is 12.4. The van der Waals surface area contributed by atoms with Crippen LogP contribution in [0.3, 0.4) is 0 Å². The lowest BCUT2D eigenvalue weighted by Gasteiger charge is -2.30. The van der Waals surface area contributed by atoms with Gasteiger partial charge in [-0.2, -0.15) is 5.10 Å². The number of aryl methyl sites for hydroxylation is 1. The molecule has 146 valence electrons. The molecule has 1 saturated heterocycles. The van der Waals surface area contributed by atoms with Crippen LogP contribution in [0.2, 0.25) is 0 Å². The number of nitrogens with one attached hydrogen (secondary N) is 1. The number of nitrogens with zero attached hydrogens (tertiary/aromatic N) is 3. The Balaban J connectivity index is 1.67. The summed E-state index contributed by atoms with van der Waals surface area (Å²) in [4.78, 5) is 12.4. The van der Waals surface area contributed by atoms with Crippen molar-refractivity contribution in [2.75, 3.05) is 18.8 Å². The van der Waals surface area contributed by atoms with E-state index in [4.69, 9.17) is 0 Å². The van der Waals surface area contributed by atoms with Crippen molar-refractivity contribution in [3.8, 4) is 0 Å². The summed E-state index contributed by atoms with van der Waals surface area (Å²) in [5, 5.41) is 5.19. The van der Waals surface area contributed by atoms with Gasteiger partial charge in [0.15, 0.2) is 0 Å². The first-order valence-corrected chi connectivity index (χ1v) is 11.0. The number of carbonyl (C=O) groups excluding carboxylic acids is 1. The lowest BCUT2D eigenvalue weighted by Crippen LogP contribution is -2.45. The third kappa shape index (κ3) is 4.22. The number of hydrazone groups is 1. The Hall–Kier alpha value is -2.19. The number of benzene rings is 1. The van der Waals surface area contributed by atoms with Crippen LogP contribution in [0.25, 0.3) is 10.9 Å². The monoisotopic (exact) mass is 390 g/mol. The van der Waals surface area contributed by atoms with Crippen molar-refractivity contribution >= 4 is 33.0 Å². The molecule has 0 aliphatic carbocycles. The average Bonchev–Trinajstić information content (AvgIpc) is 3.06. The predicted octanol–water partition coefficient (Wildman–Crippen LogP) is 2.17.